The summed E-state index contributed by atoms with van der Waals surface area (Å²) in [5, 5.41) is 0. The van der Waals surface area contributed by atoms with Gasteiger partial charge in [-0.05, 0) is 68.8 Å². The number of fused-ring (bicyclic) bond motifs is 5. The van der Waals surface area contributed by atoms with Crippen LogP contribution in [0.5, 0.6) is 11.6 Å². The van der Waals surface area contributed by atoms with Crippen molar-refractivity contribution in [1.29, 1.82) is 0 Å². The molecule has 1 amide bonds. The van der Waals surface area contributed by atoms with Gasteiger partial charge in [-0.15, -0.1) is 0 Å². The number of carbonyl (C=O) groups excluding carboxylic acids is 3. The summed E-state index contributed by atoms with van der Waals surface area (Å²) in [5.74, 6) is -1.86. The zero-order valence-electron chi connectivity index (χ0n) is 30.1. The Morgan fingerprint density at radius 1 is 1.14 bits per heavy atom. The van der Waals surface area contributed by atoms with E-state index in [1.165, 1.54) is 12.0 Å². The van der Waals surface area contributed by atoms with Crippen molar-refractivity contribution >= 4 is 29.2 Å². The number of methoxy groups -OCH3 is 1. The molecule has 2 bridgehead atoms. The van der Waals surface area contributed by atoms with E-state index in [0.29, 0.717) is 42.3 Å². The molecule has 3 aliphatic rings. The third-order valence-corrected chi connectivity index (χ3v) is 9.60. The Morgan fingerprint density at radius 2 is 1.91 bits per heavy atom. The third-order valence-electron chi connectivity index (χ3n) is 9.60. The third kappa shape index (κ3) is 6.50. The Morgan fingerprint density at radius 3 is 2.63 bits per heavy atom. The zero-order valence-corrected chi connectivity index (χ0v) is 26.1. The van der Waals surface area contributed by atoms with E-state index in [2.05, 4.69) is 9.97 Å². The summed E-state index contributed by atoms with van der Waals surface area (Å²) in [6, 6.07) is 4.07. The van der Waals surface area contributed by atoms with Crippen molar-refractivity contribution in [2.75, 3.05) is 13.7 Å². The number of rotatable bonds is 2. The van der Waals surface area contributed by atoms with E-state index in [1.54, 1.807) is 25.1 Å². The number of aryl methyl sites for hydroxylation is 1. The number of ether oxygens (including phenoxy) is 3. The van der Waals surface area contributed by atoms with Gasteiger partial charge in [-0.25, -0.2) is 9.97 Å². The van der Waals surface area contributed by atoms with Gasteiger partial charge in [0.2, 0.25) is 11.8 Å². The molecule has 2 aromatic rings. The van der Waals surface area contributed by atoms with Gasteiger partial charge in [0.25, 0.3) is 0 Å². The van der Waals surface area contributed by atoms with Crippen molar-refractivity contribution in [2.45, 2.75) is 110 Å². The monoisotopic (exact) mass is 597 g/mol. The van der Waals surface area contributed by atoms with Crippen molar-refractivity contribution in [3.05, 3.63) is 23.9 Å². The van der Waals surface area contributed by atoms with Gasteiger partial charge in [-0.3, -0.25) is 9.59 Å². The van der Waals surface area contributed by atoms with Crippen LogP contribution >= 0.6 is 0 Å². The van der Waals surface area contributed by atoms with Crippen molar-refractivity contribution in [2.24, 2.45) is 23.2 Å². The van der Waals surface area contributed by atoms with E-state index >= 15 is 0 Å². The maximum Gasteiger partial charge on any atom is 0.307 e. The van der Waals surface area contributed by atoms with Crippen LogP contribution in [-0.4, -0.2) is 64.4 Å². The van der Waals surface area contributed by atoms with E-state index in [-0.39, 0.29) is 42.8 Å². The summed E-state index contributed by atoms with van der Waals surface area (Å²) < 4.78 is 54.0. The van der Waals surface area contributed by atoms with E-state index in [4.69, 9.17) is 19.7 Å². The van der Waals surface area contributed by atoms with Crippen LogP contribution < -0.4 is 9.47 Å². The first-order valence-electron chi connectivity index (χ1n) is 17.4. The maximum absolute atomic E-state index is 14.2. The molecule has 1 aliphatic carbocycles. The molecule has 0 radical (unpaired) electrons. The lowest BCUT2D eigenvalue weighted by molar-refractivity contribution is -0.167. The van der Waals surface area contributed by atoms with Crippen molar-refractivity contribution in [3.8, 4) is 11.6 Å². The standard InChI is InChI=1S/C34H47N3O6/c1-21-28(20-38)37-19-29(21)42-31-26(35-25-15-14-23(41-6)17-27(25)36-31)13-9-7-8-11-22-12-10-16-34(22,5)43-30(39)18-24(32(37)40)33(2,3)4/h14-15,17,20-22,24,28-29H,7-13,16,18-19H2,1-6H3/t21-,22+,24+,28+,29-,34+/m0/s1/i9D2,13D2. The number of nitrogens with zero attached hydrogens (tertiary/aromatic N) is 3. The van der Waals surface area contributed by atoms with Gasteiger partial charge in [0.15, 0.2) is 0 Å². The Hall–Kier alpha value is -3.23. The van der Waals surface area contributed by atoms with Crippen LogP contribution in [0.1, 0.15) is 97.1 Å². The highest BCUT2D eigenvalue weighted by atomic mass is 16.6. The summed E-state index contributed by atoms with van der Waals surface area (Å²) in [6.45, 7) is 9.32. The number of aromatic nitrogens is 2. The summed E-state index contributed by atoms with van der Waals surface area (Å²) in [4.78, 5) is 50.9. The summed E-state index contributed by atoms with van der Waals surface area (Å²) >= 11 is 0. The number of esters is 1. The topological polar surface area (TPSA) is 108 Å². The van der Waals surface area contributed by atoms with Crippen LogP contribution in [-0.2, 0) is 25.5 Å². The molecule has 3 heterocycles. The normalized spacial score (nSPS) is 34.7. The quantitative estimate of drug-likeness (QED) is 0.320. The molecule has 0 unspecified atom stereocenters. The van der Waals surface area contributed by atoms with Gasteiger partial charge < -0.3 is 23.9 Å². The molecule has 6 atom stereocenters. The molecular formula is C34H47N3O6. The van der Waals surface area contributed by atoms with E-state index in [0.717, 1.165) is 12.8 Å². The lowest BCUT2D eigenvalue weighted by Gasteiger charge is -2.36. The summed E-state index contributed by atoms with van der Waals surface area (Å²) in [7, 11) is 1.51. The highest BCUT2D eigenvalue weighted by Gasteiger charge is 2.48. The number of benzene rings is 1. The number of hydrogen-bond acceptors (Lipinski definition) is 8. The number of aldehydes is 1. The first-order valence-corrected chi connectivity index (χ1v) is 15.4. The second-order valence-electron chi connectivity index (χ2n) is 13.6. The Labute approximate surface area is 260 Å². The SMILES string of the molecule is [2H]C1([2H])CCC[C@@H]2CCC[C@@]2(C)OC(=O)C[C@@H](C(C)(C)C)C(=O)N2C[C@H](Oc3nc4cc(OC)ccc4nc3C1([2H])[2H])[C@@H](C)[C@H]2C=O. The van der Waals surface area contributed by atoms with E-state index in [9.17, 15) is 14.4 Å². The summed E-state index contributed by atoms with van der Waals surface area (Å²) in [6.07, 6.45) is -2.14. The number of amides is 1. The molecule has 0 spiro atoms. The van der Waals surface area contributed by atoms with Crippen LogP contribution in [0.25, 0.3) is 11.0 Å². The van der Waals surface area contributed by atoms with Crippen LogP contribution in [0, 0.1) is 23.2 Å². The Kier molecular flexibility index (Phi) is 7.56. The molecule has 9 nitrogen and oxygen atoms in total. The highest BCUT2D eigenvalue weighted by molar-refractivity contribution is 5.87. The van der Waals surface area contributed by atoms with Crippen molar-refractivity contribution in [1.82, 2.24) is 14.9 Å². The molecule has 1 saturated carbocycles. The molecule has 0 N–H and O–H groups in total. The number of hydrogen-bond donors (Lipinski definition) is 0. The van der Waals surface area contributed by atoms with Gasteiger partial charge in [-0.1, -0.05) is 40.5 Å². The molecule has 1 saturated heterocycles. The lowest BCUT2D eigenvalue weighted by Crippen LogP contribution is -2.47. The van der Waals surface area contributed by atoms with Gasteiger partial charge >= 0.3 is 5.97 Å². The van der Waals surface area contributed by atoms with Crippen molar-refractivity contribution in [3.63, 3.8) is 0 Å². The minimum Gasteiger partial charge on any atom is -0.497 e. The highest BCUT2D eigenvalue weighted by Crippen LogP contribution is 2.43. The maximum atomic E-state index is 14.2. The van der Waals surface area contributed by atoms with E-state index < -0.39 is 53.7 Å². The summed E-state index contributed by atoms with van der Waals surface area (Å²) in [5.41, 5.74) is -0.981. The van der Waals surface area contributed by atoms with Crippen LogP contribution in [0.3, 0.4) is 0 Å². The molecule has 43 heavy (non-hydrogen) atoms. The molecule has 1 aromatic carbocycles. The lowest BCUT2D eigenvalue weighted by atomic mass is 9.77. The average molecular weight is 598 g/mol. The largest absolute Gasteiger partial charge is 0.497 e. The predicted molar refractivity (Wildman–Crippen MR) is 163 cm³/mol. The minimum atomic E-state index is -2.63. The molecule has 9 heteroatoms. The Balaban J connectivity index is 1.63. The molecule has 5 rings (SSSR count). The molecule has 2 fully saturated rings. The van der Waals surface area contributed by atoms with Gasteiger partial charge in [0, 0.05) is 17.5 Å². The van der Waals surface area contributed by atoms with Gasteiger partial charge in [0.05, 0.1) is 43.1 Å². The van der Waals surface area contributed by atoms with Crippen LogP contribution in [0.4, 0.5) is 0 Å². The Bertz CT molecular complexity index is 1530. The zero-order chi connectivity index (χ0) is 34.5. The fraction of sp³-hybridized carbons (Fsp3) is 0.676. The average Bonchev–Trinajstić information content (AvgIpc) is 3.51. The second kappa shape index (κ2) is 12.4. The van der Waals surface area contributed by atoms with Crippen LogP contribution in [0.2, 0.25) is 0 Å². The molecular weight excluding hydrogens is 546 g/mol. The van der Waals surface area contributed by atoms with Crippen LogP contribution in [0.15, 0.2) is 18.2 Å². The predicted octanol–water partition coefficient (Wildman–Crippen LogP) is 5.70. The first kappa shape index (κ1) is 26.2. The van der Waals surface area contributed by atoms with Crippen molar-refractivity contribution < 1.29 is 34.1 Å². The second-order valence-corrected chi connectivity index (χ2v) is 13.6. The minimum absolute atomic E-state index is 0.0159. The smallest absolute Gasteiger partial charge is 0.307 e. The fourth-order valence-electron chi connectivity index (χ4n) is 6.82. The molecule has 234 valence electrons. The molecule has 2 aliphatic heterocycles. The van der Waals surface area contributed by atoms with E-state index in [1.807, 2.05) is 27.7 Å². The van der Waals surface area contributed by atoms with Gasteiger partial charge in [0.1, 0.15) is 29.4 Å². The fourth-order valence-corrected chi connectivity index (χ4v) is 6.82. The number of carbonyl (C=O) groups is 3. The first-order chi connectivity index (χ1) is 21.9. The molecule has 1 aromatic heterocycles. The van der Waals surface area contributed by atoms with Gasteiger partial charge in [-0.2, -0.15) is 0 Å².